The van der Waals surface area contributed by atoms with Crippen LogP contribution < -0.4 is 5.32 Å². The van der Waals surface area contributed by atoms with E-state index in [9.17, 15) is 9.90 Å². The third kappa shape index (κ3) is 2.32. The number of amides is 1. The van der Waals surface area contributed by atoms with E-state index in [4.69, 9.17) is 0 Å². The molecule has 0 radical (unpaired) electrons. The van der Waals surface area contributed by atoms with Crippen molar-refractivity contribution in [3.63, 3.8) is 0 Å². The fourth-order valence-electron chi connectivity index (χ4n) is 3.24. The molecule has 0 heterocycles. The first kappa shape index (κ1) is 13.1. The molecule has 1 amide bonds. The van der Waals surface area contributed by atoms with Crippen LogP contribution in [0.4, 0.5) is 0 Å². The maximum absolute atomic E-state index is 12.2. The highest BCUT2D eigenvalue weighted by molar-refractivity contribution is 9.10. The van der Waals surface area contributed by atoms with Crippen molar-refractivity contribution >= 4 is 21.8 Å². The van der Waals surface area contributed by atoms with Crippen molar-refractivity contribution in [2.75, 3.05) is 0 Å². The first-order chi connectivity index (χ1) is 9.10. The van der Waals surface area contributed by atoms with E-state index in [1.54, 1.807) is 0 Å². The zero-order valence-electron chi connectivity index (χ0n) is 10.8. The highest BCUT2D eigenvalue weighted by Crippen LogP contribution is 2.37. The summed E-state index contributed by atoms with van der Waals surface area (Å²) in [5, 5.41) is 13.3. The van der Waals surface area contributed by atoms with E-state index in [2.05, 4.69) is 27.3 Å². The maximum atomic E-state index is 12.2. The van der Waals surface area contributed by atoms with Crippen LogP contribution in [0.1, 0.15) is 49.3 Å². The number of aliphatic hydroxyl groups is 1. The van der Waals surface area contributed by atoms with Gasteiger partial charge in [-0.1, -0.05) is 28.1 Å². The zero-order chi connectivity index (χ0) is 13.5. The molecule has 1 aromatic rings. The van der Waals surface area contributed by atoms with Crippen LogP contribution in [0, 0.1) is 0 Å². The molecule has 1 saturated carbocycles. The van der Waals surface area contributed by atoms with E-state index in [0.29, 0.717) is 12.8 Å². The number of carbonyl (C=O) groups is 1. The third-order valence-corrected chi connectivity index (χ3v) is 5.12. The topological polar surface area (TPSA) is 49.3 Å². The highest BCUT2D eigenvalue weighted by atomic mass is 79.9. The smallest absolute Gasteiger partial charge is 0.252 e. The van der Waals surface area contributed by atoms with Crippen molar-refractivity contribution in [2.24, 2.45) is 0 Å². The molecular weight excluding hydrogens is 306 g/mol. The van der Waals surface area contributed by atoms with E-state index in [1.165, 1.54) is 11.1 Å². The maximum Gasteiger partial charge on any atom is 0.252 e. The SMILES string of the molecule is O=C(NC1CCc2c(Br)cccc21)C1(O)CCCC1. The molecular formula is C15H18BrNO2. The summed E-state index contributed by atoms with van der Waals surface area (Å²) in [5.74, 6) is -0.192. The summed E-state index contributed by atoms with van der Waals surface area (Å²) in [4.78, 5) is 12.2. The van der Waals surface area contributed by atoms with Gasteiger partial charge in [-0.3, -0.25) is 4.79 Å². The van der Waals surface area contributed by atoms with Crippen LogP contribution in [0.2, 0.25) is 0 Å². The Morgan fingerprint density at radius 1 is 1.37 bits per heavy atom. The Labute approximate surface area is 121 Å². The summed E-state index contributed by atoms with van der Waals surface area (Å²) in [6, 6.07) is 6.15. The molecule has 1 aromatic carbocycles. The molecule has 0 saturated heterocycles. The van der Waals surface area contributed by atoms with Gasteiger partial charge in [0.15, 0.2) is 0 Å². The lowest BCUT2D eigenvalue weighted by Crippen LogP contribution is -2.45. The number of fused-ring (bicyclic) bond motifs is 1. The van der Waals surface area contributed by atoms with Crippen LogP contribution in [0.25, 0.3) is 0 Å². The van der Waals surface area contributed by atoms with Crippen molar-refractivity contribution in [1.82, 2.24) is 5.32 Å². The standard InChI is InChI=1S/C15H18BrNO2/c16-12-5-3-4-11-10(12)6-7-13(11)17-14(18)15(19)8-1-2-9-15/h3-5,13,19H,1-2,6-9H2,(H,17,18). The van der Waals surface area contributed by atoms with Crippen LogP contribution in [0.15, 0.2) is 22.7 Å². The molecule has 3 rings (SSSR count). The van der Waals surface area contributed by atoms with Crippen LogP contribution >= 0.6 is 15.9 Å². The second-order valence-electron chi connectivity index (χ2n) is 5.61. The summed E-state index contributed by atoms with van der Waals surface area (Å²) in [6.45, 7) is 0. The van der Waals surface area contributed by atoms with Gasteiger partial charge in [-0.2, -0.15) is 0 Å². The zero-order valence-corrected chi connectivity index (χ0v) is 12.4. The van der Waals surface area contributed by atoms with E-state index in [0.717, 1.165) is 30.2 Å². The summed E-state index contributed by atoms with van der Waals surface area (Å²) in [7, 11) is 0. The Morgan fingerprint density at radius 3 is 2.84 bits per heavy atom. The summed E-state index contributed by atoms with van der Waals surface area (Å²) < 4.78 is 1.11. The molecule has 0 aliphatic heterocycles. The molecule has 19 heavy (non-hydrogen) atoms. The molecule has 1 atom stereocenters. The van der Waals surface area contributed by atoms with E-state index < -0.39 is 5.60 Å². The van der Waals surface area contributed by atoms with Gasteiger partial charge in [-0.25, -0.2) is 0 Å². The molecule has 1 fully saturated rings. The Kier molecular flexibility index (Phi) is 3.39. The van der Waals surface area contributed by atoms with Gasteiger partial charge in [-0.15, -0.1) is 0 Å². The molecule has 0 spiro atoms. The van der Waals surface area contributed by atoms with Crippen LogP contribution in [0.5, 0.6) is 0 Å². The van der Waals surface area contributed by atoms with Crippen molar-refractivity contribution in [3.8, 4) is 0 Å². The molecule has 4 heteroatoms. The van der Waals surface area contributed by atoms with E-state index in [1.807, 2.05) is 12.1 Å². The molecule has 3 nitrogen and oxygen atoms in total. The van der Waals surface area contributed by atoms with Gasteiger partial charge in [0.05, 0.1) is 6.04 Å². The summed E-state index contributed by atoms with van der Waals surface area (Å²) in [5.41, 5.74) is 1.34. The van der Waals surface area contributed by atoms with E-state index in [-0.39, 0.29) is 11.9 Å². The summed E-state index contributed by atoms with van der Waals surface area (Å²) >= 11 is 3.56. The Morgan fingerprint density at radius 2 is 2.11 bits per heavy atom. The summed E-state index contributed by atoms with van der Waals surface area (Å²) in [6.07, 6.45) is 4.96. The average Bonchev–Trinajstić information content (AvgIpc) is 2.99. The highest BCUT2D eigenvalue weighted by Gasteiger charge is 2.40. The van der Waals surface area contributed by atoms with Gasteiger partial charge < -0.3 is 10.4 Å². The predicted molar refractivity (Wildman–Crippen MR) is 76.8 cm³/mol. The van der Waals surface area contributed by atoms with Crippen molar-refractivity contribution in [2.45, 2.75) is 50.2 Å². The molecule has 2 aliphatic rings. The van der Waals surface area contributed by atoms with Crippen molar-refractivity contribution in [3.05, 3.63) is 33.8 Å². The first-order valence-electron chi connectivity index (χ1n) is 6.91. The number of hydrogen-bond acceptors (Lipinski definition) is 2. The lowest BCUT2D eigenvalue weighted by Gasteiger charge is -2.24. The first-order valence-corrected chi connectivity index (χ1v) is 7.70. The lowest BCUT2D eigenvalue weighted by molar-refractivity contribution is -0.140. The minimum atomic E-state index is -1.13. The number of benzene rings is 1. The van der Waals surface area contributed by atoms with Crippen molar-refractivity contribution < 1.29 is 9.90 Å². The number of rotatable bonds is 2. The average molecular weight is 324 g/mol. The quantitative estimate of drug-likeness (QED) is 0.879. The Bertz CT molecular complexity index is 509. The fraction of sp³-hybridized carbons (Fsp3) is 0.533. The molecule has 1 unspecified atom stereocenters. The van der Waals surface area contributed by atoms with Gasteiger partial charge in [-0.05, 0) is 55.7 Å². The second-order valence-corrected chi connectivity index (χ2v) is 6.47. The van der Waals surface area contributed by atoms with Crippen LogP contribution in [-0.2, 0) is 11.2 Å². The number of carbonyl (C=O) groups excluding carboxylic acids is 1. The molecule has 102 valence electrons. The Balaban J connectivity index is 1.76. The number of nitrogens with one attached hydrogen (secondary N) is 1. The minimum Gasteiger partial charge on any atom is -0.380 e. The van der Waals surface area contributed by atoms with Gasteiger partial charge in [0.1, 0.15) is 5.60 Å². The van der Waals surface area contributed by atoms with Gasteiger partial charge in [0, 0.05) is 4.47 Å². The normalized spacial score (nSPS) is 24.2. The fourth-order valence-corrected chi connectivity index (χ4v) is 3.82. The predicted octanol–water partition coefficient (Wildman–Crippen LogP) is 2.86. The minimum absolute atomic E-state index is 0.0459. The second kappa shape index (κ2) is 4.91. The Hall–Kier alpha value is -0.870. The van der Waals surface area contributed by atoms with Gasteiger partial charge >= 0.3 is 0 Å². The van der Waals surface area contributed by atoms with E-state index >= 15 is 0 Å². The van der Waals surface area contributed by atoms with Gasteiger partial charge in [0.25, 0.3) is 5.91 Å². The molecule has 0 aromatic heterocycles. The third-order valence-electron chi connectivity index (χ3n) is 4.37. The van der Waals surface area contributed by atoms with Crippen LogP contribution in [0.3, 0.4) is 0 Å². The number of hydrogen-bond donors (Lipinski definition) is 2. The molecule has 2 aliphatic carbocycles. The molecule has 2 N–H and O–H groups in total. The van der Waals surface area contributed by atoms with Crippen molar-refractivity contribution in [1.29, 1.82) is 0 Å². The lowest BCUT2D eigenvalue weighted by atomic mass is 10.00. The van der Waals surface area contributed by atoms with Gasteiger partial charge in [0.2, 0.25) is 0 Å². The molecule has 0 bridgehead atoms. The van der Waals surface area contributed by atoms with Crippen LogP contribution in [-0.4, -0.2) is 16.6 Å². The number of halogens is 1. The largest absolute Gasteiger partial charge is 0.380 e. The monoisotopic (exact) mass is 323 g/mol.